The van der Waals surface area contributed by atoms with E-state index < -0.39 is 0 Å². The molecular formula is C15H24FN3O. The predicted molar refractivity (Wildman–Crippen MR) is 80.9 cm³/mol. The van der Waals surface area contributed by atoms with Gasteiger partial charge in [0.1, 0.15) is 11.6 Å². The largest absolute Gasteiger partial charge is 0.495 e. The number of anilines is 2. The van der Waals surface area contributed by atoms with E-state index in [1.807, 2.05) is 11.9 Å². The minimum atomic E-state index is -0.306. The van der Waals surface area contributed by atoms with Gasteiger partial charge in [0, 0.05) is 31.3 Å². The molecule has 1 aliphatic carbocycles. The van der Waals surface area contributed by atoms with E-state index in [9.17, 15) is 4.39 Å². The number of benzene rings is 1. The number of methoxy groups -OCH3 is 1. The van der Waals surface area contributed by atoms with Crippen LogP contribution in [-0.4, -0.2) is 45.2 Å². The Morgan fingerprint density at radius 1 is 1.30 bits per heavy atom. The number of likely N-dealkylation sites (N-methyl/N-ethyl adjacent to an activating group) is 2. The molecule has 0 aromatic heterocycles. The lowest BCUT2D eigenvalue weighted by atomic mass is 9.75. The lowest BCUT2D eigenvalue weighted by Gasteiger charge is -2.49. The maximum absolute atomic E-state index is 14.1. The van der Waals surface area contributed by atoms with Crippen LogP contribution < -0.4 is 15.4 Å². The summed E-state index contributed by atoms with van der Waals surface area (Å²) in [7, 11) is 7.64. The Morgan fingerprint density at radius 3 is 2.40 bits per heavy atom. The van der Waals surface area contributed by atoms with Gasteiger partial charge in [0.05, 0.1) is 18.5 Å². The van der Waals surface area contributed by atoms with Gasteiger partial charge in [0.2, 0.25) is 0 Å². The number of hydrogen-bond acceptors (Lipinski definition) is 4. The smallest absolute Gasteiger partial charge is 0.148 e. The zero-order valence-electron chi connectivity index (χ0n) is 12.7. The lowest BCUT2D eigenvalue weighted by molar-refractivity contribution is 0.0682. The fourth-order valence-corrected chi connectivity index (χ4v) is 2.89. The van der Waals surface area contributed by atoms with Crippen molar-refractivity contribution in [2.24, 2.45) is 0 Å². The number of rotatable bonds is 5. The van der Waals surface area contributed by atoms with Crippen LogP contribution in [0.25, 0.3) is 0 Å². The molecule has 112 valence electrons. The third-order valence-corrected chi connectivity index (χ3v) is 4.47. The first-order valence-corrected chi connectivity index (χ1v) is 6.91. The quantitative estimate of drug-likeness (QED) is 0.841. The molecule has 0 heterocycles. The summed E-state index contributed by atoms with van der Waals surface area (Å²) in [4.78, 5) is 4.20. The first-order chi connectivity index (χ1) is 9.39. The summed E-state index contributed by atoms with van der Waals surface area (Å²) in [5.74, 6) is 0.208. The number of hydrogen-bond donors (Lipinski definition) is 1. The molecular weight excluding hydrogens is 257 g/mol. The van der Waals surface area contributed by atoms with E-state index in [1.54, 1.807) is 13.2 Å². The molecule has 0 atom stereocenters. The van der Waals surface area contributed by atoms with E-state index in [-0.39, 0.29) is 11.4 Å². The van der Waals surface area contributed by atoms with Gasteiger partial charge in [0.15, 0.2) is 0 Å². The molecule has 5 heteroatoms. The highest BCUT2D eigenvalue weighted by atomic mass is 19.1. The van der Waals surface area contributed by atoms with E-state index in [0.29, 0.717) is 17.1 Å². The van der Waals surface area contributed by atoms with Gasteiger partial charge in [0.25, 0.3) is 0 Å². The van der Waals surface area contributed by atoms with Crippen molar-refractivity contribution >= 4 is 11.4 Å². The van der Waals surface area contributed by atoms with Crippen molar-refractivity contribution in [3.63, 3.8) is 0 Å². The van der Waals surface area contributed by atoms with E-state index >= 15 is 0 Å². The molecule has 0 aliphatic heterocycles. The maximum Gasteiger partial charge on any atom is 0.148 e. The average molecular weight is 281 g/mol. The molecule has 1 saturated carbocycles. The van der Waals surface area contributed by atoms with Crippen molar-refractivity contribution in [1.82, 2.24) is 4.90 Å². The van der Waals surface area contributed by atoms with Crippen molar-refractivity contribution in [2.45, 2.75) is 24.8 Å². The molecule has 0 radical (unpaired) electrons. The van der Waals surface area contributed by atoms with Gasteiger partial charge in [-0.3, -0.25) is 0 Å². The number of ether oxygens (including phenoxy) is 1. The highest BCUT2D eigenvalue weighted by molar-refractivity contribution is 5.63. The van der Waals surface area contributed by atoms with E-state index in [4.69, 9.17) is 10.5 Å². The van der Waals surface area contributed by atoms with Crippen molar-refractivity contribution in [3.8, 4) is 5.75 Å². The van der Waals surface area contributed by atoms with Crippen LogP contribution >= 0.6 is 0 Å². The van der Waals surface area contributed by atoms with Crippen molar-refractivity contribution in [3.05, 3.63) is 17.9 Å². The van der Waals surface area contributed by atoms with E-state index in [2.05, 4.69) is 19.0 Å². The molecule has 2 rings (SSSR count). The average Bonchev–Trinajstić information content (AvgIpc) is 2.33. The molecule has 0 bridgehead atoms. The van der Waals surface area contributed by atoms with Crippen molar-refractivity contribution in [1.29, 1.82) is 0 Å². The van der Waals surface area contributed by atoms with Gasteiger partial charge in [-0.2, -0.15) is 0 Å². The fraction of sp³-hybridized carbons (Fsp3) is 0.600. The second kappa shape index (κ2) is 5.48. The summed E-state index contributed by atoms with van der Waals surface area (Å²) in [6.45, 7) is 0.796. The normalized spacial score (nSPS) is 16.9. The fourth-order valence-electron chi connectivity index (χ4n) is 2.89. The zero-order valence-corrected chi connectivity index (χ0v) is 12.7. The molecule has 20 heavy (non-hydrogen) atoms. The van der Waals surface area contributed by atoms with E-state index in [0.717, 1.165) is 19.4 Å². The molecule has 0 unspecified atom stereocenters. The highest BCUT2D eigenvalue weighted by Crippen LogP contribution is 2.38. The Hall–Kier alpha value is -1.49. The van der Waals surface area contributed by atoms with Crippen LogP contribution in [0.5, 0.6) is 5.75 Å². The molecule has 1 aliphatic rings. The first-order valence-electron chi connectivity index (χ1n) is 6.91. The standard InChI is InChI=1S/C15H24FN3O/c1-18(2)15(6-5-7-15)10-19(3)13-9-14(20-4)12(17)8-11(13)16/h8-9H,5-7,10,17H2,1-4H3. The molecule has 4 nitrogen and oxygen atoms in total. The minimum absolute atomic E-state index is 0.149. The highest BCUT2D eigenvalue weighted by Gasteiger charge is 2.40. The van der Waals surface area contributed by atoms with Crippen LogP contribution in [0.1, 0.15) is 19.3 Å². The van der Waals surface area contributed by atoms with Crippen LogP contribution in [0.2, 0.25) is 0 Å². The summed E-state index contributed by atoms with van der Waals surface area (Å²) in [6.07, 6.45) is 3.54. The summed E-state index contributed by atoms with van der Waals surface area (Å²) in [5.41, 5.74) is 6.73. The molecule has 0 amide bonds. The lowest BCUT2D eigenvalue weighted by Crippen LogP contribution is -2.56. The third-order valence-electron chi connectivity index (χ3n) is 4.47. The molecule has 0 spiro atoms. The predicted octanol–water partition coefficient (Wildman–Crippen LogP) is 2.34. The Bertz CT molecular complexity index is 486. The second-order valence-corrected chi connectivity index (χ2v) is 5.87. The van der Waals surface area contributed by atoms with Crippen LogP contribution in [0.3, 0.4) is 0 Å². The molecule has 1 aromatic carbocycles. The van der Waals surface area contributed by atoms with Crippen LogP contribution in [0, 0.1) is 5.82 Å². The van der Waals surface area contributed by atoms with Crippen molar-refractivity contribution < 1.29 is 9.13 Å². The van der Waals surface area contributed by atoms with Crippen LogP contribution in [0.15, 0.2) is 12.1 Å². The van der Waals surface area contributed by atoms with Crippen molar-refractivity contribution in [2.75, 3.05) is 45.4 Å². The zero-order chi connectivity index (χ0) is 14.9. The number of nitrogens with two attached hydrogens (primary N) is 1. The number of halogens is 1. The van der Waals surface area contributed by atoms with Gasteiger partial charge < -0.3 is 20.3 Å². The molecule has 0 saturated heterocycles. The molecule has 1 fully saturated rings. The van der Waals surface area contributed by atoms with Gasteiger partial charge >= 0.3 is 0 Å². The summed E-state index contributed by atoms with van der Waals surface area (Å²) >= 11 is 0. The first kappa shape index (κ1) is 14.9. The minimum Gasteiger partial charge on any atom is -0.495 e. The SMILES string of the molecule is COc1cc(N(C)CC2(N(C)C)CCC2)c(F)cc1N. The number of nitrogens with zero attached hydrogens (tertiary/aromatic N) is 2. The van der Waals surface area contributed by atoms with Gasteiger partial charge in [-0.15, -0.1) is 0 Å². The van der Waals surface area contributed by atoms with Gasteiger partial charge in [-0.25, -0.2) is 4.39 Å². The second-order valence-electron chi connectivity index (χ2n) is 5.87. The Kier molecular flexibility index (Phi) is 4.09. The Labute approximate surface area is 120 Å². The summed E-state index contributed by atoms with van der Waals surface area (Å²) in [6, 6.07) is 3.00. The molecule has 1 aromatic rings. The Morgan fingerprint density at radius 2 is 1.95 bits per heavy atom. The topological polar surface area (TPSA) is 41.7 Å². The third kappa shape index (κ3) is 2.54. The molecule has 2 N–H and O–H groups in total. The monoisotopic (exact) mass is 281 g/mol. The van der Waals surface area contributed by atoms with Crippen LogP contribution in [0.4, 0.5) is 15.8 Å². The van der Waals surface area contributed by atoms with Gasteiger partial charge in [-0.1, -0.05) is 0 Å². The summed E-state index contributed by atoms with van der Waals surface area (Å²) in [5, 5.41) is 0. The Balaban J connectivity index is 2.23. The van der Waals surface area contributed by atoms with Crippen LogP contribution in [-0.2, 0) is 0 Å². The van der Waals surface area contributed by atoms with E-state index in [1.165, 1.54) is 12.5 Å². The summed E-state index contributed by atoms with van der Waals surface area (Å²) < 4.78 is 19.3. The maximum atomic E-state index is 14.1. The van der Waals surface area contributed by atoms with Gasteiger partial charge in [-0.05, 0) is 33.4 Å². The number of nitrogen functional groups attached to an aromatic ring is 1.